The van der Waals surface area contributed by atoms with Gasteiger partial charge in [0.25, 0.3) is 5.91 Å². The molecule has 2 aliphatic heterocycles. The molecule has 2 heterocycles. The molecule has 0 spiro atoms. The van der Waals surface area contributed by atoms with Gasteiger partial charge in [0, 0.05) is 18.7 Å². The molecule has 5 heteroatoms. The van der Waals surface area contributed by atoms with Crippen LogP contribution in [0.15, 0.2) is 54.6 Å². The van der Waals surface area contributed by atoms with Crippen molar-refractivity contribution in [1.82, 2.24) is 4.90 Å². The number of nitrogens with zero attached hydrogens (tertiary/aromatic N) is 1. The monoisotopic (exact) mass is 367 g/mol. The molecule has 142 valence electrons. The maximum Gasteiger partial charge on any atom is 0.254 e. The quantitative estimate of drug-likeness (QED) is 0.812. The Morgan fingerprint density at radius 1 is 1.04 bits per heavy atom. The average molecular weight is 367 g/mol. The van der Waals surface area contributed by atoms with E-state index < -0.39 is 0 Å². The van der Waals surface area contributed by atoms with Gasteiger partial charge in [-0.1, -0.05) is 30.3 Å². The molecule has 0 aliphatic carbocycles. The standard InChI is InChI=1S/C22H25NO4/c24-22(23-12-14-26-21(15-23)17-5-2-1-3-6-17)18-8-10-19(11-9-18)27-16-20-7-4-13-25-20/h1-3,5-6,8-11,20-21H,4,7,12-16H2/t20-,21-/m0/s1. The number of rotatable bonds is 5. The second-order valence-electron chi connectivity index (χ2n) is 6.99. The van der Waals surface area contributed by atoms with Gasteiger partial charge in [0.05, 0.1) is 19.3 Å². The van der Waals surface area contributed by atoms with E-state index in [1.54, 1.807) is 0 Å². The van der Waals surface area contributed by atoms with E-state index in [1.165, 1.54) is 0 Å². The maximum absolute atomic E-state index is 12.9. The van der Waals surface area contributed by atoms with Crippen molar-refractivity contribution in [2.45, 2.75) is 25.0 Å². The highest BCUT2D eigenvalue weighted by Gasteiger charge is 2.26. The number of carbonyl (C=O) groups is 1. The Labute approximate surface area is 159 Å². The third-order valence-electron chi connectivity index (χ3n) is 5.09. The number of amides is 1. The van der Waals surface area contributed by atoms with Crippen molar-refractivity contribution in [3.8, 4) is 5.75 Å². The number of ether oxygens (including phenoxy) is 3. The predicted octanol–water partition coefficient (Wildman–Crippen LogP) is 3.46. The van der Waals surface area contributed by atoms with Gasteiger partial charge < -0.3 is 19.1 Å². The van der Waals surface area contributed by atoms with Crippen LogP contribution >= 0.6 is 0 Å². The molecule has 5 nitrogen and oxygen atoms in total. The van der Waals surface area contributed by atoms with Crippen LogP contribution in [-0.4, -0.2) is 49.8 Å². The third-order valence-corrected chi connectivity index (χ3v) is 5.09. The van der Waals surface area contributed by atoms with E-state index in [9.17, 15) is 4.79 Å². The minimum Gasteiger partial charge on any atom is -0.491 e. The molecular formula is C22H25NO4. The summed E-state index contributed by atoms with van der Waals surface area (Å²) < 4.78 is 17.2. The lowest BCUT2D eigenvalue weighted by Crippen LogP contribution is -2.42. The Morgan fingerprint density at radius 2 is 1.85 bits per heavy atom. The molecule has 0 unspecified atom stereocenters. The third kappa shape index (κ3) is 4.49. The fourth-order valence-electron chi connectivity index (χ4n) is 3.54. The summed E-state index contributed by atoms with van der Waals surface area (Å²) in [5.41, 5.74) is 1.78. The molecule has 2 atom stereocenters. The fourth-order valence-corrected chi connectivity index (χ4v) is 3.54. The number of hydrogen-bond donors (Lipinski definition) is 0. The minimum atomic E-state index is -0.0714. The Morgan fingerprint density at radius 3 is 2.59 bits per heavy atom. The van der Waals surface area contributed by atoms with Gasteiger partial charge >= 0.3 is 0 Å². The molecule has 0 bridgehead atoms. The van der Waals surface area contributed by atoms with Gasteiger partial charge in [0.15, 0.2) is 0 Å². The van der Waals surface area contributed by atoms with Crippen LogP contribution in [0.5, 0.6) is 5.75 Å². The van der Waals surface area contributed by atoms with Gasteiger partial charge in [-0.25, -0.2) is 0 Å². The van der Waals surface area contributed by atoms with Gasteiger partial charge in [-0.2, -0.15) is 0 Å². The van der Waals surface area contributed by atoms with E-state index in [-0.39, 0.29) is 18.1 Å². The van der Waals surface area contributed by atoms with Crippen LogP contribution in [-0.2, 0) is 9.47 Å². The topological polar surface area (TPSA) is 48.0 Å². The highest BCUT2D eigenvalue weighted by molar-refractivity contribution is 5.94. The summed E-state index contributed by atoms with van der Waals surface area (Å²) in [7, 11) is 0. The molecule has 0 radical (unpaired) electrons. The highest BCUT2D eigenvalue weighted by Crippen LogP contribution is 2.24. The van der Waals surface area contributed by atoms with Crippen LogP contribution in [0.2, 0.25) is 0 Å². The molecule has 4 rings (SSSR count). The lowest BCUT2D eigenvalue weighted by molar-refractivity contribution is -0.0228. The van der Waals surface area contributed by atoms with E-state index in [0.717, 1.165) is 30.8 Å². The molecule has 27 heavy (non-hydrogen) atoms. The number of carbonyl (C=O) groups excluding carboxylic acids is 1. The van der Waals surface area contributed by atoms with Crippen LogP contribution in [0.25, 0.3) is 0 Å². The zero-order chi connectivity index (χ0) is 18.5. The summed E-state index contributed by atoms with van der Waals surface area (Å²) in [5, 5.41) is 0. The van der Waals surface area contributed by atoms with Gasteiger partial charge in [0.1, 0.15) is 18.5 Å². The summed E-state index contributed by atoms with van der Waals surface area (Å²) in [4.78, 5) is 14.7. The summed E-state index contributed by atoms with van der Waals surface area (Å²) in [5.74, 6) is 0.802. The van der Waals surface area contributed by atoms with Gasteiger partial charge in [-0.05, 0) is 42.7 Å². The van der Waals surface area contributed by atoms with Crippen LogP contribution in [0, 0.1) is 0 Å². The fraction of sp³-hybridized carbons (Fsp3) is 0.409. The summed E-state index contributed by atoms with van der Waals surface area (Å²) in [6.45, 7) is 3.12. The van der Waals surface area contributed by atoms with Crippen molar-refractivity contribution in [2.24, 2.45) is 0 Å². The average Bonchev–Trinajstić information content (AvgIpc) is 3.27. The first-order valence-electron chi connectivity index (χ1n) is 9.60. The zero-order valence-electron chi connectivity index (χ0n) is 15.4. The number of morpholine rings is 1. The maximum atomic E-state index is 12.9. The Hall–Kier alpha value is -2.37. The van der Waals surface area contributed by atoms with E-state index in [1.807, 2.05) is 59.5 Å². The second-order valence-corrected chi connectivity index (χ2v) is 6.99. The van der Waals surface area contributed by atoms with Crippen molar-refractivity contribution in [3.63, 3.8) is 0 Å². The van der Waals surface area contributed by atoms with Crippen molar-refractivity contribution in [1.29, 1.82) is 0 Å². The largest absolute Gasteiger partial charge is 0.491 e. The molecule has 2 saturated heterocycles. The number of hydrogen-bond acceptors (Lipinski definition) is 4. The van der Waals surface area contributed by atoms with Crippen molar-refractivity contribution in [2.75, 3.05) is 32.9 Å². The SMILES string of the molecule is O=C(c1ccc(OC[C@@H]2CCCO2)cc1)N1CCO[C@H](c2ccccc2)C1. The van der Waals surface area contributed by atoms with E-state index in [2.05, 4.69) is 0 Å². The lowest BCUT2D eigenvalue weighted by Gasteiger charge is -2.33. The smallest absolute Gasteiger partial charge is 0.254 e. The first kappa shape index (κ1) is 18.0. The molecule has 1 amide bonds. The first-order valence-corrected chi connectivity index (χ1v) is 9.60. The molecular weight excluding hydrogens is 342 g/mol. The molecule has 2 fully saturated rings. The molecule has 0 aromatic heterocycles. The lowest BCUT2D eigenvalue weighted by atomic mass is 10.1. The Kier molecular flexibility index (Phi) is 5.70. The van der Waals surface area contributed by atoms with Crippen molar-refractivity contribution >= 4 is 5.91 Å². The predicted molar refractivity (Wildman–Crippen MR) is 102 cm³/mol. The molecule has 2 aromatic rings. The van der Waals surface area contributed by atoms with Crippen molar-refractivity contribution < 1.29 is 19.0 Å². The molecule has 0 N–H and O–H groups in total. The Bertz CT molecular complexity index is 741. The van der Waals surface area contributed by atoms with Crippen LogP contribution < -0.4 is 4.74 Å². The minimum absolute atomic E-state index is 0.0323. The molecule has 2 aliphatic rings. The van der Waals surface area contributed by atoms with Gasteiger partial charge in [0.2, 0.25) is 0 Å². The number of benzene rings is 2. The highest BCUT2D eigenvalue weighted by atomic mass is 16.5. The normalized spacial score (nSPS) is 22.6. The summed E-state index contributed by atoms with van der Waals surface area (Å²) >= 11 is 0. The van der Waals surface area contributed by atoms with Crippen LogP contribution in [0.3, 0.4) is 0 Å². The van der Waals surface area contributed by atoms with Gasteiger partial charge in [-0.3, -0.25) is 4.79 Å². The summed E-state index contributed by atoms with van der Waals surface area (Å²) in [6, 6.07) is 17.4. The van der Waals surface area contributed by atoms with E-state index in [0.29, 0.717) is 31.9 Å². The van der Waals surface area contributed by atoms with Crippen LogP contribution in [0.4, 0.5) is 0 Å². The van der Waals surface area contributed by atoms with Crippen LogP contribution in [0.1, 0.15) is 34.9 Å². The Balaban J connectivity index is 1.35. The van der Waals surface area contributed by atoms with Gasteiger partial charge in [-0.15, -0.1) is 0 Å². The van der Waals surface area contributed by atoms with Crippen molar-refractivity contribution in [3.05, 3.63) is 65.7 Å². The molecule has 0 saturated carbocycles. The molecule has 2 aromatic carbocycles. The summed E-state index contributed by atoms with van der Waals surface area (Å²) in [6.07, 6.45) is 2.27. The van der Waals surface area contributed by atoms with E-state index in [4.69, 9.17) is 14.2 Å². The zero-order valence-corrected chi connectivity index (χ0v) is 15.4. The first-order chi connectivity index (χ1) is 13.3. The second kappa shape index (κ2) is 8.55. The van der Waals surface area contributed by atoms with E-state index >= 15 is 0 Å².